The molecule has 0 saturated carbocycles. The Bertz CT molecular complexity index is 762. The number of nitrogens with one attached hydrogen (secondary N) is 1. The van der Waals surface area contributed by atoms with E-state index < -0.39 is 0 Å². The average molecular weight is 351 g/mol. The molecule has 2 aromatic rings. The van der Waals surface area contributed by atoms with Crippen LogP contribution < -0.4 is 5.32 Å². The van der Waals surface area contributed by atoms with Crippen molar-refractivity contribution in [1.29, 1.82) is 0 Å². The summed E-state index contributed by atoms with van der Waals surface area (Å²) in [7, 11) is 1.67. The molecule has 0 aliphatic rings. The number of halogens is 2. The van der Waals surface area contributed by atoms with Gasteiger partial charge in [-0.1, -0.05) is 51.4 Å². The van der Waals surface area contributed by atoms with Gasteiger partial charge in [0.15, 0.2) is 0 Å². The predicted molar refractivity (Wildman–Crippen MR) is 93.9 cm³/mol. The van der Waals surface area contributed by atoms with Crippen LogP contribution in [0.3, 0.4) is 0 Å². The van der Waals surface area contributed by atoms with Crippen LogP contribution in [0.1, 0.15) is 55.0 Å². The van der Waals surface area contributed by atoms with Crippen molar-refractivity contribution in [1.82, 2.24) is 15.1 Å². The predicted octanol–water partition coefficient (Wildman–Crippen LogP) is 4.00. The minimum Gasteiger partial charge on any atom is -0.346 e. The second kappa shape index (κ2) is 6.93. The first-order valence-corrected chi connectivity index (χ1v) is 8.31. The van der Waals surface area contributed by atoms with Crippen LogP contribution in [-0.4, -0.2) is 15.7 Å². The quantitative estimate of drug-likeness (QED) is 0.905. The molecule has 0 atom stereocenters. The maximum Gasteiger partial charge on any atom is 0.271 e. The Morgan fingerprint density at radius 1 is 1.38 bits per heavy atom. The van der Waals surface area contributed by atoms with Gasteiger partial charge in [-0.15, -0.1) is 0 Å². The minimum absolute atomic E-state index is 0.0953. The summed E-state index contributed by atoms with van der Waals surface area (Å²) < 4.78 is 15.7. The fourth-order valence-electron chi connectivity index (χ4n) is 2.44. The highest BCUT2D eigenvalue weighted by Gasteiger charge is 2.20. The smallest absolute Gasteiger partial charge is 0.271 e. The highest BCUT2D eigenvalue weighted by Crippen LogP contribution is 2.24. The summed E-state index contributed by atoms with van der Waals surface area (Å²) in [5.74, 6) is -0.693. The number of hydrogen-bond donors (Lipinski definition) is 1. The van der Waals surface area contributed by atoms with Gasteiger partial charge in [0, 0.05) is 19.2 Å². The van der Waals surface area contributed by atoms with Gasteiger partial charge in [-0.05, 0) is 23.5 Å². The molecule has 1 amide bonds. The van der Waals surface area contributed by atoms with Crippen LogP contribution in [0.15, 0.2) is 18.2 Å². The lowest BCUT2D eigenvalue weighted by Crippen LogP contribution is -2.26. The van der Waals surface area contributed by atoms with Gasteiger partial charge in [0.25, 0.3) is 5.91 Å². The molecular formula is C18H23ClFN3O. The first-order valence-electron chi connectivity index (χ1n) is 7.93. The lowest BCUT2D eigenvalue weighted by Gasteiger charge is -2.19. The second-order valence-corrected chi connectivity index (χ2v) is 7.20. The summed E-state index contributed by atoms with van der Waals surface area (Å²) >= 11 is 6.19. The van der Waals surface area contributed by atoms with E-state index in [2.05, 4.69) is 10.4 Å². The van der Waals surface area contributed by atoms with E-state index >= 15 is 0 Å². The van der Waals surface area contributed by atoms with Crippen molar-refractivity contribution in [3.8, 4) is 0 Å². The van der Waals surface area contributed by atoms with Crippen molar-refractivity contribution in [2.24, 2.45) is 7.05 Å². The summed E-state index contributed by atoms with van der Waals surface area (Å²) in [6.45, 7) is 8.09. The van der Waals surface area contributed by atoms with Crippen LogP contribution in [0.5, 0.6) is 0 Å². The Labute approximate surface area is 147 Å². The molecule has 0 saturated heterocycles. The average Bonchev–Trinajstić information content (AvgIpc) is 2.79. The minimum atomic E-state index is -0.367. The van der Waals surface area contributed by atoms with Gasteiger partial charge in [0.2, 0.25) is 0 Å². The zero-order chi connectivity index (χ0) is 18.1. The molecule has 0 radical (unpaired) electrons. The van der Waals surface area contributed by atoms with Crippen molar-refractivity contribution < 1.29 is 9.18 Å². The summed E-state index contributed by atoms with van der Waals surface area (Å²) in [5.41, 5.74) is 2.19. The van der Waals surface area contributed by atoms with E-state index in [0.29, 0.717) is 28.4 Å². The lowest BCUT2D eigenvalue weighted by atomic mass is 9.86. The first kappa shape index (κ1) is 18.5. The van der Waals surface area contributed by atoms with E-state index in [1.165, 1.54) is 10.7 Å². The van der Waals surface area contributed by atoms with Gasteiger partial charge in [-0.25, -0.2) is 4.39 Å². The fraction of sp³-hybridized carbons (Fsp3) is 0.444. The van der Waals surface area contributed by atoms with Gasteiger partial charge in [0.05, 0.1) is 10.7 Å². The number of rotatable bonds is 4. The highest BCUT2D eigenvalue weighted by atomic mass is 35.5. The molecule has 1 aromatic heterocycles. The van der Waals surface area contributed by atoms with E-state index in [-0.39, 0.29) is 23.7 Å². The van der Waals surface area contributed by atoms with Crippen LogP contribution in [0.2, 0.25) is 5.02 Å². The molecule has 0 unspecified atom stereocenters. The monoisotopic (exact) mass is 350 g/mol. The molecule has 130 valence electrons. The molecule has 2 rings (SSSR count). The van der Waals surface area contributed by atoms with Gasteiger partial charge < -0.3 is 5.32 Å². The zero-order valence-corrected chi connectivity index (χ0v) is 15.5. The van der Waals surface area contributed by atoms with Gasteiger partial charge >= 0.3 is 0 Å². The van der Waals surface area contributed by atoms with Crippen molar-refractivity contribution >= 4 is 17.5 Å². The van der Waals surface area contributed by atoms with E-state index in [1.54, 1.807) is 13.1 Å². The number of aryl methyl sites for hydroxylation is 2. The summed E-state index contributed by atoms with van der Waals surface area (Å²) in [6.07, 6.45) is 0.642. The number of hydrogen-bond acceptors (Lipinski definition) is 2. The maximum atomic E-state index is 14.3. The summed E-state index contributed by atoms with van der Waals surface area (Å²) in [5, 5.41) is 7.27. The second-order valence-electron chi connectivity index (χ2n) is 6.83. The van der Waals surface area contributed by atoms with E-state index in [9.17, 15) is 9.18 Å². The number of nitrogens with zero attached hydrogens (tertiary/aromatic N) is 2. The van der Waals surface area contributed by atoms with Crippen molar-refractivity contribution in [3.05, 3.63) is 51.6 Å². The Kier molecular flexibility index (Phi) is 5.33. The number of aromatic nitrogens is 2. The number of carbonyl (C=O) groups excluding carboxylic acids is 1. The van der Waals surface area contributed by atoms with Crippen molar-refractivity contribution in [3.63, 3.8) is 0 Å². The molecule has 0 aliphatic heterocycles. The fourth-order valence-corrected chi connectivity index (χ4v) is 2.82. The Balaban J connectivity index is 2.14. The van der Waals surface area contributed by atoms with Crippen molar-refractivity contribution in [2.75, 3.05) is 0 Å². The SMILES string of the molecule is CCc1nn(C)c(C(=O)NCc2ccc(C(C)(C)C)cc2[18F])c1Cl. The molecule has 1 heterocycles. The van der Waals surface area contributed by atoms with Crippen LogP contribution in [0.4, 0.5) is 4.39 Å². The van der Waals surface area contributed by atoms with Crippen LogP contribution in [0, 0.1) is 5.82 Å². The molecular weight excluding hydrogens is 328 g/mol. The number of carbonyl (C=O) groups is 1. The topological polar surface area (TPSA) is 46.9 Å². The summed E-state index contributed by atoms with van der Waals surface area (Å²) in [6, 6.07) is 5.11. The van der Waals surface area contributed by atoms with Gasteiger partial charge in [0.1, 0.15) is 11.5 Å². The molecule has 0 aliphatic carbocycles. The molecule has 6 heteroatoms. The Morgan fingerprint density at radius 2 is 2.04 bits per heavy atom. The third kappa shape index (κ3) is 3.78. The van der Waals surface area contributed by atoms with Crippen molar-refractivity contribution in [2.45, 2.75) is 46.1 Å². The third-order valence-corrected chi connectivity index (χ3v) is 4.36. The Hall–Kier alpha value is -1.88. The maximum absolute atomic E-state index is 14.3. The van der Waals surface area contributed by atoms with Gasteiger partial charge in [-0.3, -0.25) is 9.48 Å². The summed E-state index contributed by atoms with van der Waals surface area (Å²) in [4.78, 5) is 12.3. The van der Waals surface area contributed by atoms with Gasteiger partial charge in [-0.2, -0.15) is 5.10 Å². The van der Waals surface area contributed by atoms with Crippen LogP contribution >= 0.6 is 11.6 Å². The first-order chi connectivity index (χ1) is 11.1. The Morgan fingerprint density at radius 3 is 2.54 bits per heavy atom. The standard InChI is InChI=1S/C18H23ClFN3O/c1-6-14-15(19)16(23(5)22-14)17(24)21-10-11-7-8-12(9-13(11)20)18(2,3)4/h7-9H,6,10H2,1-5H3,(H,21,24)/i20-1. The third-order valence-electron chi connectivity index (χ3n) is 3.96. The van der Waals surface area contributed by atoms with E-state index in [1.807, 2.05) is 33.8 Å². The molecule has 0 fully saturated rings. The molecule has 4 nitrogen and oxygen atoms in total. The van der Waals surface area contributed by atoms with Crippen LogP contribution in [-0.2, 0) is 25.4 Å². The molecule has 0 spiro atoms. The largest absolute Gasteiger partial charge is 0.346 e. The van der Waals surface area contributed by atoms with Crippen LogP contribution in [0.25, 0.3) is 0 Å². The zero-order valence-electron chi connectivity index (χ0n) is 14.7. The molecule has 0 bridgehead atoms. The lowest BCUT2D eigenvalue weighted by molar-refractivity contribution is 0.0941. The van der Waals surface area contributed by atoms with E-state index in [4.69, 9.17) is 11.6 Å². The van der Waals surface area contributed by atoms with E-state index in [0.717, 1.165) is 5.56 Å². The number of amides is 1. The normalized spacial score (nSPS) is 11.6. The highest BCUT2D eigenvalue weighted by molar-refractivity contribution is 6.34. The molecule has 24 heavy (non-hydrogen) atoms. The number of benzene rings is 1. The molecule has 1 aromatic carbocycles. The molecule has 1 N–H and O–H groups in total.